The van der Waals surface area contributed by atoms with Crippen molar-refractivity contribution in [2.24, 2.45) is 5.16 Å². The third-order valence-electron chi connectivity index (χ3n) is 5.68. The molecule has 0 fully saturated rings. The number of nitrogens with zero attached hydrogens (tertiary/aromatic N) is 1. The second-order valence-electron chi connectivity index (χ2n) is 8.24. The standard InChI is InChI=1S/C29H29NO2Si/c1-31-29-20-12-11-19-28(29)21-30-32-33(22-25-13-5-2-6-14-25,23-26-15-7-3-8-16-26)24-27-17-9-4-10-18-27/h2-21H,22-24H2,1H3. The van der Waals surface area contributed by atoms with Gasteiger partial charge in [-0.05, 0) is 28.8 Å². The van der Waals surface area contributed by atoms with Gasteiger partial charge in [0.05, 0.1) is 13.3 Å². The molecule has 0 heterocycles. The third kappa shape index (κ3) is 6.43. The first-order chi connectivity index (χ1) is 16.3. The molecule has 0 radical (unpaired) electrons. The first-order valence-electron chi connectivity index (χ1n) is 11.2. The molecule has 0 N–H and O–H groups in total. The summed E-state index contributed by atoms with van der Waals surface area (Å²) in [5.74, 6) is 0.784. The monoisotopic (exact) mass is 451 g/mol. The first-order valence-corrected chi connectivity index (χ1v) is 13.8. The van der Waals surface area contributed by atoms with E-state index < -0.39 is 8.32 Å². The fourth-order valence-electron chi connectivity index (χ4n) is 4.16. The number of benzene rings is 4. The Bertz CT molecular complexity index is 1050. The molecule has 0 saturated carbocycles. The Morgan fingerprint density at radius 2 is 1.03 bits per heavy atom. The Kier molecular flexibility index (Phi) is 7.72. The van der Waals surface area contributed by atoms with Crippen LogP contribution in [0.15, 0.2) is 120 Å². The molecule has 0 amide bonds. The normalized spacial score (nSPS) is 11.4. The molecule has 0 saturated heterocycles. The molecule has 0 spiro atoms. The second-order valence-corrected chi connectivity index (χ2v) is 11.8. The average Bonchev–Trinajstić information content (AvgIpc) is 2.86. The average molecular weight is 452 g/mol. The molecular formula is C29H29NO2Si. The van der Waals surface area contributed by atoms with Gasteiger partial charge in [0, 0.05) is 23.7 Å². The second kappa shape index (κ2) is 11.3. The summed E-state index contributed by atoms with van der Waals surface area (Å²) >= 11 is 0. The first kappa shape index (κ1) is 22.6. The summed E-state index contributed by atoms with van der Waals surface area (Å²) in [7, 11) is -0.765. The van der Waals surface area contributed by atoms with E-state index in [0.29, 0.717) is 0 Å². The Hall–Kier alpha value is -3.63. The molecule has 0 aliphatic rings. The van der Waals surface area contributed by atoms with Crippen LogP contribution in [0.3, 0.4) is 0 Å². The van der Waals surface area contributed by atoms with Crippen LogP contribution in [-0.2, 0) is 22.7 Å². The quantitative estimate of drug-likeness (QED) is 0.160. The molecule has 4 rings (SSSR count). The number of hydrogen-bond donors (Lipinski definition) is 0. The van der Waals surface area contributed by atoms with Crippen LogP contribution in [0.25, 0.3) is 0 Å². The molecule has 0 aliphatic carbocycles. The van der Waals surface area contributed by atoms with Crippen LogP contribution in [0.5, 0.6) is 5.75 Å². The summed E-state index contributed by atoms with van der Waals surface area (Å²) in [5, 5.41) is 4.57. The summed E-state index contributed by atoms with van der Waals surface area (Å²) in [6, 6.07) is 42.3. The van der Waals surface area contributed by atoms with E-state index in [1.807, 2.05) is 24.3 Å². The van der Waals surface area contributed by atoms with Crippen molar-refractivity contribution in [2.45, 2.75) is 18.1 Å². The lowest BCUT2D eigenvalue weighted by molar-refractivity contribution is 0.319. The van der Waals surface area contributed by atoms with E-state index in [-0.39, 0.29) is 0 Å². The van der Waals surface area contributed by atoms with Gasteiger partial charge in [-0.2, -0.15) is 0 Å². The molecule has 0 aliphatic heterocycles. The smallest absolute Gasteiger partial charge is 0.300 e. The number of rotatable bonds is 10. The highest BCUT2D eigenvalue weighted by Gasteiger charge is 2.39. The zero-order valence-corrected chi connectivity index (χ0v) is 19.9. The van der Waals surface area contributed by atoms with Gasteiger partial charge in [0.25, 0.3) is 8.32 Å². The minimum Gasteiger partial charge on any atom is -0.496 e. The molecule has 0 aromatic heterocycles. The maximum Gasteiger partial charge on any atom is 0.300 e. The molecule has 0 atom stereocenters. The van der Waals surface area contributed by atoms with Gasteiger partial charge in [0.1, 0.15) is 5.75 Å². The van der Waals surface area contributed by atoms with Crippen molar-refractivity contribution in [2.75, 3.05) is 7.11 Å². The Morgan fingerprint density at radius 3 is 1.48 bits per heavy atom. The predicted molar refractivity (Wildman–Crippen MR) is 138 cm³/mol. The number of oxime groups is 1. The maximum absolute atomic E-state index is 6.60. The molecule has 4 aromatic carbocycles. The van der Waals surface area contributed by atoms with Crippen LogP contribution >= 0.6 is 0 Å². The van der Waals surface area contributed by atoms with Crippen LogP contribution < -0.4 is 4.74 Å². The van der Waals surface area contributed by atoms with E-state index in [0.717, 1.165) is 29.4 Å². The van der Waals surface area contributed by atoms with Crippen molar-refractivity contribution in [1.82, 2.24) is 0 Å². The lowest BCUT2D eigenvalue weighted by atomic mass is 10.2. The molecule has 33 heavy (non-hydrogen) atoms. The maximum atomic E-state index is 6.60. The van der Waals surface area contributed by atoms with Gasteiger partial charge in [-0.1, -0.05) is 103 Å². The van der Waals surface area contributed by atoms with E-state index in [1.54, 1.807) is 13.3 Å². The van der Waals surface area contributed by atoms with Gasteiger partial charge >= 0.3 is 0 Å². The van der Waals surface area contributed by atoms with Crippen LogP contribution in [0.2, 0.25) is 0 Å². The number of methoxy groups -OCH3 is 1. The van der Waals surface area contributed by atoms with Crippen molar-refractivity contribution in [3.05, 3.63) is 138 Å². The van der Waals surface area contributed by atoms with E-state index in [2.05, 4.69) is 96.2 Å². The zero-order chi connectivity index (χ0) is 22.8. The zero-order valence-electron chi connectivity index (χ0n) is 18.9. The molecule has 166 valence electrons. The summed E-state index contributed by atoms with van der Waals surface area (Å²) in [5.41, 5.74) is 4.75. The largest absolute Gasteiger partial charge is 0.496 e. The van der Waals surface area contributed by atoms with Crippen LogP contribution in [-0.4, -0.2) is 21.6 Å². The van der Waals surface area contributed by atoms with Crippen LogP contribution in [0.1, 0.15) is 22.3 Å². The van der Waals surface area contributed by atoms with E-state index in [1.165, 1.54) is 16.7 Å². The van der Waals surface area contributed by atoms with Crippen LogP contribution in [0, 0.1) is 0 Å². The van der Waals surface area contributed by atoms with E-state index in [9.17, 15) is 0 Å². The van der Waals surface area contributed by atoms with Crippen molar-refractivity contribution in [3.8, 4) is 5.75 Å². The molecule has 0 bridgehead atoms. The third-order valence-corrected chi connectivity index (χ3v) is 9.33. The number of hydrogen-bond acceptors (Lipinski definition) is 3. The highest BCUT2D eigenvalue weighted by molar-refractivity contribution is 6.72. The summed E-state index contributed by atoms with van der Waals surface area (Å²) < 4.78 is 12.1. The van der Waals surface area contributed by atoms with Gasteiger partial charge in [0.15, 0.2) is 0 Å². The summed E-state index contributed by atoms with van der Waals surface area (Å²) in [6.07, 6.45) is 1.78. The van der Waals surface area contributed by atoms with Gasteiger partial charge < -0.3 is 9.26 Å². The SMILES string of the molecule is COc1ccccc1C=NO[Si](Cc1ccccc1)(Cc1ccccc1)Cc1ccccc1. The topological polar surface area (TPSA) is 30.8 Å². The Morgan fingerprint density at radius 1 is 0.606 bits per heavy atom. The lowest BCUT2D eigenvalue weighted by Gasteiger charge is -2.29. The van der Waals surface area contributed by atoms with Crippen molar-refractivity contribution < 1.29 is 9.26 Å². The Balaban J connectivity index is 1.70. The minimum atomic E-state index is -2.44. The summed E-state index contributed by atoms with van der Waals surface area (Å²) in [4.78, 5) is 0. The highest BCUT2D eigenvalue weighted by Crippen LogP contribution is 2.25. The van der Waals surface area contributed by atoms with Crippen molar-refractivity contribution in [3.63, 3.8) is 0 Å². The predicted octanol–water partition coefficient (Wildman–Crippen LogP) is 6.34. The number of ether oxygens (including phenoxy) is 1. The highest BCUT2D eigenvalue weighted by atomic mass is 28.4. The van der Waals surface area contributed by atoms with Crippen LogP contribution in [0.4, 0.5) is 0 Å². The van der Waals surface area contributed by atoms with Gasteiger partial charge in [-0.15, -0.1) is 5.16 Å². The van der Waals surface area contributed by atoms with E-state index >= 15 is 0 Å². The Labute approximate surface area is 197 Å². The number of para-hydroxylation sites is 1. The van der Waals surface area contributed by atoms with Gasteiger partial charge in [0.2, 0.25) is 0 Å². The summed E-state index contributed by atoms with van der Waals surface area (Å²) in [6.45, 7) is 0. The molecule has 0 unspecified atom stereocenters. The molecular weight excluding hydrogens is 422 g/mol. The lowest BCUT2D eigenvalue weighted by Crippen LogP contribution is -2.46. The molecule has 3 nitrogen and oxygen atoms in total. The fraction of sp³-hybridized carbons (Fsp3) is 0.138. The molecule has 4 heteroatoms. The minimum absolute atomic E-state index is 0.784. The van der Waals surface area contributed by atoms with Crippen molar-refractivity contribution in [1.29, 1.82) is 0 Å². The van der Waals surface area contributed by atoms with Crippen molar-refractivity contribution >= 4 is 14.5 Å². The fourth-order valence-corrected chi connectivity index (χ4v) is 7.94. The van der Waals surface area contributed by atoms with E-state index in [4.69, 9.17) is 9.26 Å². The molecule has 4 aromatic rings. The van der Waals surface area contributed by atoms with Gasteiger partial charge in [-0.25, -0.2) is 0 Å². The van der Waals surface area contributed by atoms with Gasteiger partial charge in [-0.3, -0.25) is 0 Å².